The van der Waals surface area contributed by atoms with E-state index < -0.39 is 142 Å². The van der Waals surface area contributed by atoms with E-state index >= 15 is 13.2 Å². The molecule has 0 heterocycles. The molecule has 0 aliphatic rings. The largest absolute Gasteiger partial charge is 0.864 e. The monoisotopic (exact) mass is 1060 g/mol. The molecule has 0 fully saturated rings. The molecule has 0 N–H and O–H groups in total. The van der Waals surface area contributed by atoms with Gasteiger partial charge in [-0.15, -0.1) is 0 Å². The topological polar surface area (TPSA) is 55.4 Å². The lowest BCUT2D eigenvalue weighted by Gasteiger charge is -2.56. The van der Waals surface area contributed by atoms with Crippen molar-refractivity contribution in [1.29, 1.82) is 0 Å². The van der Waals surface area contributed by atoms with E-state index in [1.54, 1.807) is 13.8 Å². The summed E-state index contributed by atoms with van der Waals surface area (Å²) in [7, 11) is -3.42. The summed E-state index contributed by atoms with van der Waals surface area (Å²) in [5, 5.41) is 0. The third-order valence-electron chi connectivity index (χ3n) is 11.2. The maximum Gasteiger partial charge on any atom is 0.864 e. The minimum Gasteiger partial charge on any atom is -0.490 e. The van der Waals surface area contributed by atoms with Gasteiger partial charge in [-0.3, -0.25) is 0 Å². The Hall–Kier alpha value is -4.30. The van der Waals surface area contributed by atoms with Crippen LogP contribution in [0, 0.1) is 0 Å². The smallest absolute Gasteiger partial charge is 0.490 e. The molecule has 0 aliphatic carbocycles. The molecule has 402 valence electrons. The number of benzene rings is 3. The Labute approximate surface area is 398 Å². The summed E-state index contributed by atoms with van der Waals surface area (Å²) < 4.78 is 294. The SMILES string of the molecule is CCCCCC[N+](C(C)OCCC)(C(C)OCCC)C(C)(OCCC)c1c(OB(Oc2cc(C(F)(F)F)cc(C(F)(F)F)c2)Oc2cc(C(F)(F)F)cc(C(F)(F)F)c2)cc(C(F)(F)F)cc1C(F)(F)F. The molecule has 0 spiro atoms. The Morgan fingerprint density at radius 1 is 0.451 bits per heavy atom. The molecule has 0 aromatic heterocycles. The first-order valence-corrected chi connectivity index (χ1v) is 22.2. The first-order valence-electron chi connectivity index (χ1n) is 22.2. The van der Waals surface area contributed by atoms with E-state index in [4.69, 9.17) is 28.2 Å². The van der Waals surface area contributed by atoms with E-state index in [0.717, 1.165) is 6.92 Å². The van der Waals surface area contributed by atoms with E-state index in [0.29, 0.717) is 32.1 Å². The van der Waals surface area contributed by atoms with Gasteiger partial charge in [0.15, 0.2) is 12.5 Å². The average Bonchev–Trinajstić information content (AvgIpc) is 3.24. The highest BCUT2D eigenvalue weighted by Gasteiger charge is 2.62. The lowest BCUT2D eigenvalue weighted by atomic mass is 9.89. The normalized spacial score (nSPS) is 15.7. The molecule has 0 amide bonds. The van der Waals surface area contributed by atoms with Crippen molar-refractivity contribution in [2.24, 2.45) is 0 Å². The van der Waals surface area contributed by atoms with Crippen molar-refractivity contribution in [3.8, 4) is 17.2 Å². The highest BCUT2D eigenvalue weighted by Crippen LogP contribution is 2.53. The first-order chi connectivity index (χ1) is 32.5. The van der Waals surface area contributed by atoms with Crippen LogP contribution in [0.2, 0.25) is 0 Å². The summed E-state index contributed by atoms with van der Waals surface area (Å²) in [6, 6.07) is -2.00. The fourth-order valence-corrected chi connectivity index (χ4v) is 7.87. The molecule has 3 atom stereocenters. The number of rotatable bonds is 24. The van der Waals surface area contributed by atoms with Gasteiger partial charge in [0, 0.05) is 20.8 Å². The highest BCUT2D eigenvalue weighted by molar-refractivity contribution is 6.39. The molecule has 0 saturated heterocycles. The Bertz CT molecular complexity index is 2020. The Balaban J connectivity index is 2.74. The van der Waals surface area contributed by atoms with Crippen molar-refractivity contribution in [3.63, 3.8) is 0 Å². The van der Waals surface area contributed by atoms with Crippen LogP contribution in [0.4, 0.5) is 79.0 Å². The van der Waals surface area contributed by atoms with Gasteiger partial charge in [-0.1, -0.05) is 40.5 Å². The molecule has 0 bridgehead atoms. The van der Waals surface area contributed by atoms with Gasteiger partial charge in [-0.2, -0.15) is 79.0 Å². The van der Waals surface area contributed by atoms with E-state index in [1.165, 1.54) is 20.8 Å². The van der Waals surface area contributed by atoms with Crippen LogP contribution < -0.4 is 14.0 Å². The summed E-state index contributed by atoms with van der Waals surface area (Å²) in [5.41, 5.74) is -17.0. The van der Waals surface area contributed by atoms with Crippen molar-refractivity contribution in [1.82, 2.24) is 0 Å². The van der Waals surface area contributed by atoms with Crippen LogP contribution in [0.1, 0.15) is 132 Å². The summed E-state index contributed by atoms with van der Waals surface area (Å²) in [6.45, 7) is 9.69. The number of nitrogens with zero attached hydrogens (tertiary/aromatic N) is 1. The molecular formula is C45H53BF18NO6+. The second-order valence-electron chi connectivity index (χ2n) is 16.5. The highest BCUT2D eigenvalue weighted by atomic mass is 19.4. The zero-order valence-electron chi connectivity index (χ0n) is 39.3. The molecule has 0 saturated carbocycles. The molecule has 0 radical (unpaired) electrons. The van der Waals surface area contributed by atoms with E-state index in [-0.39, 0.29) is 69.0 Å². The van der Waals surface area contributed by atoms with Crippen LogP contribution in [-0.2, 0) is 57.0 Å². The summed E-state index contributed by atoms with van der Waals surface area (Å²) >= 11 is 0. The van der Waals surface area contributed by atoms with Crippen molar-refractivity contribution in [2.45, 2.75) is 149 Å². The number of halogens is 18. The van der Waals surface area contributed by atoms with Crippen molar-refractivity contribution >= 4 is 7.32 Å². The van der Waals surface area contributed by atoms with E-state index in [9.17, 15) is 65.9 Å². The van der Waals surface area contributed by atoms with Gasteiger partial charge in [-0.05, 0) is 80.6 Å². The quantitative estimate of drug-likeness (QED) is 0.0293. The lowest BCUT2D eigenvalue weighted by Crippen LogP contribution is -2.72. The van der Waals surface area contributed by atoms with Crippen LogP contribution in [0.3, 0.4) is 0 Å². The summed E-state index contributed by atoms with van der Waals surface area (Å²) in [4.78, 5) is 0. The van der Waals surface area contributed by atoms with Gasteiger partial charge in [-0.25, -0.2) is 4.48 Å². The zero-order chi connectivity index (χ0) is 54.2. The van der Waals surface area contributed by atoms with Gasteiger partial charge >= 0.3 is 44.4 Å². The molecule has 3 aromatic rings. The van der Waals surface area contributed by atoms with Gasteiger partial charge in [0.25, 0.3) is 0 Å². The van der Waals surface area contributed by atoms with Crippen molar-refractivity contribution in [3.05, 3.63) is 87.5 Å². The predicted molar refractivity (Wildman–Crippen MR) is 221 cm³/mol. The Morgan fingerprint density at radius 2 is 0.831 bits per heavy atom. The van der Waals surface area contributed by atoms with Crippen LogP contribution in [0.5, 0.6) is 17.2 Å². The van der Waals surface area contributed by atoms with E-state index in [1.807, 2.05) is 6.92 Å². The van der Waals surface area contributed by atoms with Crippen LogP contribution in [0.15, 0.2) is 48.5 Å². The third-order valence-corrected chi connectivity index (χ3v) is 11.2. The third kappa shape index (κ3) is 15.6. The molecule has 3 aromatic carbocycles. The Kier molecular flexibility index (Phi) is 20.4. The molecule has 3 rings (SSSR count). The van der Waals surface area contributed by atoms with Crippen molar-refractivity contribution < 1.29 is 112 Å². The minimum absolute atomic E-state index is 0.00101. The lowest BCUT2D eigenvalue weighted by molar-refractivity contribution is -1.07. The summed E-state index contributed by atoms with van der Waals surface area (Å²) in [5.74, 6) is -4.94. The molecule has 3 unspecified atom stereocenters. The number of alkyl halides is 18. The first kappa shape index (κ1) is 61.0. The zero-order valence-corrected chi connectivity index (χ0v) is 39.3. The molecular weight excluding hydrogens is 1000 g/mol. The number of hydrogen-bond donors (Lipinski definition) is 0. The average molecular weight is 1060 g/mol. The van der Waals surface area contributed by atoms with Gasteiger partial charge in [0.05, 0.1) is 65.3 Å². The minimum atomic E-state index is -5.85. The number of hydrogen-bond acceptors (Lipinski definition) is 6. The van der Waals surface area contributed by atoms with Gasteiger partial charge in [0.2, 0.25) is 5.72 Å². The molecule has 7 nitrogen and oxygen atoms in total. The van der Waals surface area contributed by atoms with Crippen molar-refractivity contribution in [2.75, 3.05) is 26.4 Å². The van der Waals surface area contributed by atoms with Crippen LogP contribution >= 0.6 is 0 Å². The van der Waals surface area contributed by atoms with Gasteiger partial charge < -0.3 is 28.2 Å². The molecule has 71 heavy (non-hydrogen) atoms. The number of quaternary nitrogens is 1. The Morgan fingerprint density at radius 3 is 1.17 bits per heavy atom. The maximum atomic E-state index is 15.8. The maximum absolute atomic E-state index is 15.8. The second-order valence-corrected chi connectivity index (χ2v) is 16.5. The molecule has 26 heteroatoms. The second kappa shape index (κ2) is 23.7. The van der Waals surface area contributed by atoms with E-state index in [2.05, 4.69) is 0 Å². The number of ether oxygens (including phenoxy) is 3. The van der Waals surface area contributed by atoms with Crippen LogP contribution in [-0.4, -0.2) is 50.6 Å². The van der Waals surface area contributed by atoms with Gasteiger partial charge in [0.1, 0.15) is 17.2 Å². The fraction of sp³-hybridized carbons (Fsp3) is 0.600. The fourth-order valence-electron chi connectivity index (χ4n) is 7.87. The molecule has 0 aliphatic heterocycles. The predicted octanol–water partition coefficient (Wildman–Crippen LogP) is 15.9. The number of unbranched alkanes of at least 4 members (excludes halogenated alkanes) is 3. The van der Waals surface area contributed by atoms with Crippen LogP contribution in [0.25, 0.3) is 0 Å². The standard InChI is InChI=1S/C45H53BF18NO6/c1-8-12-13-14-15-65(27(5)66-16-9-2,28(6)67-17-10-3)39(7,68-18-11-4)38-36(45(62,63)64)25-33(44(59,60)61)26-37(38)71-46(69-34-21-29(40(47,48)49)19-30(22-34)41(50,51)52)70-35-23-31(42(53,54)55)20-32(24-35)43(56,57)58/h19-28H,8-18H2,1-7H3/q+1. The summed E-state index contributed by atoms with van der Waals surface area (Å²) in [6.07, 6.45) is -34.4.